The molecule has 128 valence electrons. The van der Waals surface area contributed by atoms with Gasteiger partial charge in [-0.05, 0) is 19.8 Å². The fourth-order valence-electron chi connectivity index (χ4n) is 2.34. The van der Waals surface area contributed by atoms with Crippen LogP contribution in [0.3, 0.4) is 0 Å². The Morgan fingerprint density at radius 1 is 1.30 bits per heavy atom. The van der Waals surface area contributed by atoms with E-state index in [9.17, 15) is 9.18 Å². The lowest BCUT2D eigenvalue weighted by atomic mass is 9.89. The zero-order valence-electron chi connectivity index (χ0n) is 13.7. The Kier molecular flexibility index (Phi) is 6.30. The van der Waals surface area contributed by atoms with Crippen molar-refractivity contribution in [1.29, 1.82) is 0 Å². The Bertz CT molecular complexity index is 545. The smallest absolute Gasteiger partial charge is 0.172 e. The van der Waals surface area contributed by atoms with E-state index < -0.39 is 5.82 Å². The second-order valence-corrected chi connectivity index (χ2v) is 7.06. The van der Waals surface area contributed by atoms with Crippen molar-refractivity contribution < 1.29 is 18.7 Å². The first-order chi connectivity index (χ1) is 10.8. The second kappa shape index (κ2) is 8.02. The average molecular weight is 341 g/mol. The van der Waals surface area contributed by atoms with E-state index in [-0.39, 0.29) is 29.8 Å². The van der Waals surface area contributed by atoms with Crippen molar-refractivity contribution in [2.75, 3.05) is 6.61 Å². The van der Waals surface area contributed by atoms with Crippen LogP contribution in [0, 0.1) is 11.7 Å². The van der Waals surface area contributed by atoms with Crippen LogP contribution in [0.5, 0.6) is 11.5 Å². The van der Waals surface area contributed by atoms with E-state index >= 15 is 0 Å². The van der Waals surface area contributed by atoms with E-state index in [1.807, 2.05) is 6.92 Å². The quantitative estimate of drug-likeness (QED) is 0.563. The summed E-state index contributed by atoms with van der Waals surface area (Å²) in [6, 6.07) is 4.60. The van der Waals surface area contributed by atoms with Gasteiger partial charge in [-0.25, -0.2) is 4.39 Å². The number of hydrogen-bond acceptors (Lipinski definition) is 5. The predicted octanol–water partition coefficient (Wildman–Crippen LogP) is 3.20. The van der Waals surface area contributed by atoms with Gasteiger partial charge in [0.2, 0.25) is 0 Å². The second-order valence-electron chi connectivity index (χ2n) is 6.28. The Morgan fingerprint density at radius 2 is 1.96 bits per heavy atom. The summed E-state index contributed by atoms with van der Waals surface area (Å²) in [5.74, 6) is 0.178. The largest absolute Gasteiger partial charge is 0.490 e. The molecule has 1 aromatic rings. The number of carbonyl (C=O) groups is 1. The van der Waals surface area contributed by atoms with Crippen LogP contribution in [0.15, 0.2) is 18.2 Å². The van der Waals surface area contributed by atoms with Gasteiger partial charge in [0.05, 0.1) is 0 Å². The highest BCUT2D eigenvalue weighted by atomic mass is 32.1. The van der Waals surface area contributed by atoms with Crippen molar-refractivity contribution in [3.8, 4) is 11.5 Å². The number of nitrogens with one attached hydrogen (secondary N) is 1. The third-order valence-electron chi connectivity index (χ3n) is 3.74. The molecule has 0 aromatic heterocycles. The Hall–Kier alpha value is -1.27. The molecule has 1 aromatic carbocycles. The summed E-state index contributed by atoms with van der Waals surface area (Å²) in [7, 11) is 0. The Balaban J connectivity index is 1.87. The van der Waals surface area contributed by atoms with Crippen LogP contribution in [0.4, 0.5) is 4.39 Å². The molecule has 0 aliphatic heterocycles. The Morgan fingerprint density at radius 3 is 2.57 bits per heavy atom. The fraction of sp³-hybridized carbons (Fsp3) is 0.588. The van der Waals surface area contributed by atoms with Crippen LogP contribution in [0.1, 0.15) is 33.6 Å². The maximum atomic E-state index is 13.7. The molecular weight excluding hydrogens is 317 g/mol. The number of thiol groups is 1. The molecule has 1 fully saturated rings. The first-order valence-electron chi connectivity index (χ1n) is 7.90. The molecular formula is C17H24FNO3S. The number of halogens is 1. The van der Waals surface area contributed by atoms with Gasteiger partial charge in [0.1, 0.15) is 30.0 Å². The van der Waals surface area contributed by atoms with Gasteiger partial charge in [-0.1, -0.05) is 13.8 Å². The van der Waals surface area contributed by atoms with Crippen molar-refractivity contribution in [2.45, 2.75) is 51.1 Å². The fourth-order valence-corrected chi connectivity index (χ4v) is 2.55. The number of ketones is 1. The van der Waals surface area contributed by atoms with Gasteiger partial charge in [-0.2, -0.15) is 12.6 Å². The summed E-state index contributed by atoms with van der Waals surface area (Å²) < 4.78 is 24.8. The van der Waals surface area contributed by atoms with Gasteiger partial charge in [0.15, 0.2) is 5.78 Å². The monoisotopic (exact) mass is 341 g/mol. The molecule has 4 nitrogen and oxygen atoms in total. The minimum atomic E-state index is -0.438. The lowest BCUT2D eigenvalue weighted by Crippen LogP contribution is -2.48. The van der Waals surface area contributed by atoms with Crippen LogP contribution in [-0.4, -0.2) is 29.9 Å². The van der Waals surface area contributed by atoms with E-state index in [1.54, 1.807) is 19.9 Å². The lowest BCUT2D eigenvalue weighted by Gasteiger charge is -2.37. The van der Waals surface area contributed by atoms with Gasteiger partial charge < -0.3 is 14.8 Å². The van der Waals surface area contributed by atoms with E-state index in [0.717, 1.165) is 12.8 Å². The molecule has 2 rings (SSSR count). The molecule has 1 N–H and O–H groups in total. The van der Waals surface area contributed by atoms with Crippen LogP contribution >= 0.6 is 12.6 Å². The van der Waals surface area contributed by atoms with Crippen LogP contribution in [0.2, 0.25) is 0 Å². The normalized spacial score (nSPS) is 21.7. The first kappa shape index (κ1) is 18.1. The molecule has 0 radical (unpaired) electrons. The number of hydrogen-bond donors (Lipinski definition) is 2. The molecule has 1 aliphatic carbocycles. The topological polar surface area (TPSA) is 47.6 Å². The van der Waals surface area contributed by atoms with Crippen LogP contribution < -0.4 is 14.8 Å². The highest BCUT2D eigenvalue weighted by molar-refractivity contribution is 7.80. The number of benzene rings is 1. The highest BCUT2D eigenvalue weighted by Crippen LogP contribution is 2.29. The minimum absolute atomic E-state index is 0.0227. The van der Waals surface area contributed by atoms with Gasteiger partial charge in [-0.15, -0.1) is 0 Å². The summed E-state index contributed by atoms with van der Waals surface area (Å²) in [5, 5.41) is 3.46. The van der Waals surface area contributed by atoms with Crippen LogP contribution in [-0.2, 0) is 4.79 Å². The molecule has 0 saturated heterocycles. The predicted molar refractivity (Wildman–Crippen MR) is 90.8 cm³/mol. The molecule has 0 heterocycles. The molecule has 0 bridgehead atoms. The molecule has 0 amide bonds. The van der Waals surface area contributed by atoms with Gasteiger partial charge in [-0.3, -0.25) is 4.79 Å². The molecule has 1 atom stereocenters. The summed E-state index contributed by atoms with van der Waals surface area (Å²) in [5.41, 5.74) is 0. The summed E-state index contributed by atoms with van der Waals surface area (Å²) in [4.78, 5) is 11.6. The van der Waals surface area contributed by atoms with Gasteiger partial charge in [0, 0.05) is 35.5 Å². The van der Waals surface area contributed by atoms with E-state index in [4.69, 9.17) is 9.47 Å². The number of carbonyl (C=O) groups excluding carboxylic acids is 1. The maximum Gasteiger partial charge on any atom is 0.172 e. The summed E-state index contributed by atoms with van der Waals surface area (Å²) in [6.07, 6.45) is 1.79. The summed E-state index contributed by atoms with van der Waals surface area (Å²) in [6.45, 7) is 5.53. The average Bonchev–Trinajstić information content (AvgIpc) is 2.41. The zero-order valence-corrected chi connectivity index (χ0v) is 14.6. The molecule has 23 heavy (non-hydrogen) atoms. The molecule has 1 unspecified atom stereocenters. The van der Waals surface area contributed by atoms with Crippen molar-refractivity contribution in [3.63, 3.8) is 0 Å². The summed E-state index contributed by atoms with van der Waals surface area (Å²) >= 11 is 4.29. The number of rotatable bonds is 8. The molecule has 1 saturated carbocycles. The first-order valence-corrected chi connectivity index (χ1v) is 8.42. The van der Waals surface area contributed by atoms with E-state index in [2.05, 4.69) is 17.9 Å². The Labute approximate surface area is 142 Å². The third kappa shape index (κ3) is 5.70. The van der Waals surface area contributed by atoms with Gasteiger partial charge in [0.25, 0.3) is 0 Å². The van der Waals surface area contributed by atoms with E-state index in [0.29, 0.717) is 17.5 Å². The molecule has 0 spiro atoms. The highest BCUT2D eigenvalue weighted by Gasteiger charge is 2.31. The van der Waals surface area contributed by atoms with Crippen molar-refractivity contribution in [2.24, 2.45) is 5.92 Å². The minimum Gasteiger partial charge on any atom is -0.490 e. The SMILES string of the molecule is CC(S)NC1CC(Oc2cc(F)cc(OCC(=O)C(C)C)c2)C1. The van der Waals surface area contributed by atoms with Crippen molar-refractivity contribution >= 4 is 18.4 Å². The number of Topliss-reactive ketones (excluding diaryl/α,β-unsaturated/α-hetero) is 1. The van der Waals surface area contributed by atoms with E-state index in [1.165, 1.54) is 12.1 Å². The van der Waals surface area contributed by atoms with Crippen molar-refractivity contribution in [3.05, 3.63) is 24.0 Å². The molecule has 6 heteroatoms. The van der Waals surface area contributed by atoms with Crippen molar-refractivity contribution in [1.82, 2.24) is 5.32 Å². The zero-order chi connectivity index (χ0) is 17.0. The van der Waals surface area contributed by atoms with Gasteiger partial charge >= 0.3 is 0 Å². The number of ether oxygens (including phenoxy) is 2. The van der Waals surface area contributed by atoms with Crippen LogP contribution in [0.25, 0.3) is 0 Å². The molecule has 1 aliphatic rings. The lowest BCUT2D eigenvalue weighted by molar-refractivity contribution is -0.123. The standard InChI is InChI=1S/C17H24FNO3S/c1-10(2)17(20)9-21-14-4-12(18)5-15(8-14)22-16-6-13(7-16)19-11(3)23/h4-5,8,10-11,13,16,19,23H,6-7,9H2,1-3H3. The maximum absolute atomic E-state index is 13.7. The third-order valence-corrected chi connectivity index (χ3v) is 3.89.